The molecule has 1 aromatic rings. The quantitative estimate of drug-likeness (QED) is 0.746. The van der Waals surface area contributed by atoms with Crippen LogP contribution in [0.3, 0.4) is 0 Å². The molecule has 7 heteroatoms. The average Bonchev–Trinajstić information content (AvgIpc) is 2.30. The number of hydrogen-bond donors (Lipinski definition) is 2. The molecule has 0 aromatic carbocycles. The van der Waals surface area contributed by atoms with Crippen LogP contribution in [0.2, 0.25) is 0 Å². The molecule has 0 atom stereocenters. The maximum Gasteiger partial charge on any atom is 0.323 e. The lowest BCUT2D eigenvalue weighted by atomic mass is 10.1. The van der Waals surface area contributed by atoms with Crippen LogP contribution in [0, 0.1) is 6.92 Å². The summed E-state index contributed by atoms with van der Waals surface area (Å²) in [6.07, 6.45) is 1.40. The van der Waals surface area contributed by atoms with Crippen LogP contribution in [0.15, 0.2) is 18.3 Å². The van der Waals surface area contributed by atoms with Gasteiger partial charge in [-0.1, -0.05) is 6.07 Å². The van der Waals surface area contributed by atoms with Gasteiger partial charge in [-0.05, 0) is 18.6 Å². The molecule has 1 amide bonds. The SMILES string of the molecule is Cc1cccnc1CC(=O)N(CC(=O)O)CC(=O)O. The Hall–Kier alpha value is -2.44. The molecule has 0 radical (unpaired) electrons. The van der Waals surface area contributed by atoms with E-state index in [1.54, 1.807) is 19.1 Å². The number of aromatic nitrogens is 1. The first-order valence-corrected chi connectivity index (χ1v) is 5.52. The Kier molecular flexibility index (Phi) is 4.99. The number of rotatable bonds is 6. The summed E-state index contributed by atoms with van der Waals surface area (Å²) in [5.41, 5.74) is 1.30. The molecule has 0 fully saturated rings. The molecule has 0 aliphatic rings. The molecule has 0 bridgehead atoms. The number of carboxylic acid groups (broad SMARTS) is 2. The molecular weight excluding hydrogens is 252 g/mol. The third-order valence-electron chi connectivity index (χ3n) is 2.44. The first-order valence-electron chi connectivity index (χ1n) is 5.52. The molecule has 19 heavy (non-hydrogen) atoms. The van der Waals surface area contributed by atoms with E-state index in [1.165, 1.54) is 6.20 Å². The topological polar surface area (TPSA) is 108 Å². The van der Waals surface area contributed by atoms with Crippen molar-refractivity contribution in [2.45, 2.75) is 13.3 Å². The van der Waals surface area contributed by atoms with Crippen molar-refractivity contribution in [2.24, 2.45) is 0 Å². The average molecular weight is 266 g/mol. The van der Waals surface area contributed by atoms with Gasteiger partial charge in [-0.15, -0.1) is 0 Å². The number of amides is 1. The van der Waals surface area contributed by atoms with E-state index in [4.69, 9.17) is 10.2 Å². The number of carbonyl (C=O) groups excluding carboxylic acids is 1. The second-order valence-corrected chi connectivity index (χ2v) is 3.98. The number of aryl methyl sites for hydroxylation is 1. The molecule has 0 saturated heterocycles. The van der Waals surface area contributed by atoms with Crippen LogP contribution < -0.4 is 0 Å². The zero-order chi connectivity index (χ0) is 14.4. The van der Waals surface area contributed by atoms with Crippen molar-refractivity contribution in [3.8, 4) is 0 Å². The van der Waals surface area contributed by atoms with Gasteiger partial charge in [0.15, 0.2) is 0 Å². The predicted molar refractivity (Wildman–Crippen MR) is 64.5 cm³/mol. The van der Waals surface area contributed by atoms with Gasteiger partial charge in [0, 0.05) is 6.20 Å². The smallest absolute Gasteiger partial charge is 0.323 e. The third kappa shape index (κ3) is 4.74. The summed E-state index contributed by atoms with van der Waals surface area (Å²) in [7, 11) is 0. The fourth-order valence-corrected chi connectivity index (χ4v) is 1.52. The van der Waals surface area contributed by atoms with Crippen molar-refractivity contribution in [1.82, 2.24) is 9.88 Å². The summed E-state index contributed by atoms with van der Waals surface area (Å²) >= 11 is 0. The van der Waals surface area contributed by atoms with E-state index in [9.17, 15) is 14.4 Å². The van der Waals surface area contributed by atoms with Crippen LogP contribution in [0.1, 0.15) is 11.3 Å². The number of carbonyl (C=O) groups is 3. The van der Waals surface area contributed by atoms with Crippen molar-refractivity contribution in [3.05, 3.63) is 29.6 Å². The molecule has 0 unspecified atom stereocenters. The maximum absolute atomic E-state index is 11.9. The van der Waals surface area contributed by atoms with E-state index in [0.29, 0.717) is 5.69 Å². The highest BCUT2D eigenvalue weighted by molar-refractivity contribution is 5.86. The number of carboxylic acids is 2. The van der Waals surface area contributed by atoms with E-state index >= 15 is 0 Å². The van der Waals surface area contributed by atoms with E-state index in [0.717, 1.165) is 10.5 Å². The largest absolute Gasteiger partial charge is 0.480 e. The minimum Gasteiger partial charge on any atom is -0.480 e. The van der Waals surface area contributed by atoms with Crippen molar-refractivity contribution in [2.75, 3.05) is 13.1 Å². The molecule has 1 heterocycles. The minimum atomic E-state index is -1.26. The Labute approximate surface area is 109 Å². The van der Waals surface area contributed by atoms with Crippen LogP contribution in [0.25, 0.3) is 0 Å². The van der Waals surface area contributed by atoms with Crippen LogP contribution in [0.4, 0.5) is 0 Å². The summed E-state index contributed by atoms with van der Waals surface area (Å²) < 4.78 is 0. The lowest BCUT2D eigenvalue weighted by Crippen LogP contribution is -2.40. The number of aliphatic carboxylic acids is 2. The van der Waals surface area contributed by atoms with Gasteiger partial charge in [0.05, 0.1) is 12.1 Å². The monoisotopic (exact) mass is 266 g/mol. The van der Waals surface area contributed by atoms with Crippen molar-refractivity contribution in [1.29, 1.82) is 0 Å². The molecule has 1 rings (SSSR count). The lowest BCUT2D eigenvalue weighted by Gasteiger charge is -2.18. The maximum atomic E-state index is 11.9. The lowest BCUT2D eigenvalue weighted by molar-refractivity contribution is -0.149. The first-order chi connectivity index (χ1) is 8.90. The van der Waals surface area contributed by atoms with Crippen molar-refractivity contribution in [3.63, 3.8) is 0 Å². The van der Waals surface area contributed by atoms with Gasteiger partial charge in [0.2, 0.25) is 5.91 Å². The van der Waals surface area contributed by atoms with Gasteiger partial charge in [-0.25, -0.2) is 0 Å². The first kappa shape index (κ1) is 14.6. The fourth-order valence-electron chi connectivity index (χ4n) is 1.52. The summed E-state index contributed by atoms with van der Waals surface area (Å²) in [5, 5.41) is 17.3. The zero-order valence-corrected chi connectivity index (χ0v) is 10.4. The van der Waals surface area contributed by atoms with Crippen LogP contribution >= 0.6 is 0 Å². The Morgan fingerprint density at radius 2 is 1.79 bits per heavy atom. The van der Waals surface area contributed by atoms with Gasteiger partial charge in [0.1, 0.15) is 13.1 Å². The molecule has 0 saturated carbocycles. The second-order valence-electron chi connectivity index (χ2n) is 3.98. The fraction of sp³-hybridized carbons (Fsp3) is 0.333. The number of pyridine rings is 1. The summed E-state index contributed by atoms with van der Waals surface area (Å²) in [6.45, 7) is 0.488. The Balaban J connectivity index is 2.79. The Morgan fingerprint density at radius 3 is 2.26 bits per heavy atom. The molecule has 0 aliphatic carbocycles. The van der Waals surface area contributed by atoms with Gasteiger partial charge < -0.3 is 15.1 Å². The van der Waals surface area contributed by atoms with Crippen LogP contribution in [-0.2, 0) is 20.8 Å². The zero-order valence-electron chi connectivity index (χ0n) is 10.4. The summed E-state index contributed by atoms with van der Waals surface area (Å²) in [4.78, 5) is 37.9. The van der Waals surface area contributed by atoms with Crippen LogP contribution in [0.5, 0.6) is 0 Å². The molecule has 102 valence electrons. The van der Waals surface area contributed by atoms with Crippen LogP contribution in [-0.4, -0.2) is 51.0 Å². The summed E-state index contributed by atoms with van der Waals surface area (Å²) in [6, 6.07) is 3.49. The Morgan fingerprint density at radius 1 is 1.21 bits per heavy atom. The third-order valence-corrected chi connectivity index (χ3v) is 2.44. The molecule has 1 aromatic heterocycles. The van der Waals surface area contributed by atoms with Crippen molar-refractivity contribution >= 4 is 17.8 Å². The molecule has 2 N–H and O–H groups in total. The second kappa shape index (κ2) is 6.48. The van der Waals surface area contributed by atoms with Gasteiger partial charge in [-0.2, -0.15) is 0 Å². The number of hydrogen-bond acceptors (Lipinski definition) is 4. The normalized spacial score (nSPS) is 9.95. The summed E-state index contributed by atoms with van der Waals surface area (Å²) in [5.74, 6) is -3.09. The van der Waals surface area contributed by atoms with E-state index in [-0.39, 0.29) is 6.42 Å². The molecule has 0 spiro atoms. The van der Waals surface area contributed by atoms with Gasteiger partial charge in [0.25, 0.3) is 0 Å². The van der Waals surface area contributed by atoms with E-state index in [1.807, 2.05) is 0 Å². The molecular formula is C12H14N2O5. The minimum absolute atomic E-state index is 0.118. The number of nitrogens with zero attached hydrogens (tertiary/aromatic N) is 2. The Bertz CT molecular complexity index is 485. The van der Waals surface area contributed by atoms with Gasteiger partial charge >= 0.3 is 11.9 Å². The highest BCUT2D eigenvalue weighted by atomic mass is 16.4. The highest BCUT2D eigenvalue weighted by Gasteiger charge is 2.20. The standard InChI is InChI=1S/C12H14N2O5/c1-8-3-2-4-13-9(8)5-10(15)14(6-11(16)17)7-12(18)19/h2-4H,5-7H2,1H3,(H,16,17)(H,18,19). The predicted octanol–water partition coefficient (Wildman–Crippen LogP) is -0.0697. The highest BCUT2D eigenvalue weighted by Crippen LogP contribution is 2.06. The van der Waals surface area contributed by atoms with E-state index in [2.05, 4.69) is 4.98 Å². The molecule has 7 nitrogen and oxygen atoms in total. The van der Waals surface area contributed by atoms with Crippen molar-refractivity contribution < 1.29 is 24.6 Å². The van der Waals surface area contributed by atoms with E-state index < -0.39 is 30.9 Å². The molecule has 0 aliphatic heterocycles. The van der Waals surface area contributed by atoms with Gasteiger partial charge in [-0.3, -0.25) is 19.4 Å².